The number of aromatic nitrogens is 2. The Hall–Kier alpha value is -2.60. The van der Waals surface area contributed by atoms with Gasteiger partial charge in [0, 0.05) is 10.5 Å². The van der Waals surface area contributed by atoms with Crippen molar-refractivity contribution in [2.75, 3.05) is 5.75 Å². The van der Waals surface area contributed by atoms with Crippen molar-refractivity contribution in [2.45, 2.75) is 32.3 Å². The number of ether oxygens (including phenoxy) is 1. The van der Waals surface area contributed by atoms with E-state index in [1.54, 1.807) is 0 Å². The van der Waals surface area contributed by atoms with Gasteiger partial charge in [0.25, 0.3) is 5.89 Å². The number of thioether (sulfide) groups is 1. The SMILES string of the molecule is Cc1ccc(SCC(=O)OCc2nc(-c3ccccc3C)no2)c(C)c1. The Morgan fingerprint density at radius 1 is 1.12 bits per heavy atom. The molecular weight excluding hydrogens is 348 g/mol. The number of aryl methyl sites for hydroxylation is 3. The van der Waals surface area contributed by atoms with Crippen LogP contribution < -0.4 is 0 Å². The molecule has 134 valence electrons. The van der Waals surface area contributed by atoms with Crippen molar-refractivity contribution < 1.29 is 14.1 Å². The fraction of sp³-hybridized carbons (Fsp3) is 0.250. The molecule has 0 amide bonds. The van der Waals surface area contributed by atoms with Crippen molar-refractivity contribution in [3.63, 3.8) is 0 Å². The van der Waals surface area contributed by atoms with Crippen LogP contribution in [0.4, 0.5) is 0 Å². The third kappa shape index (κ3) is 4.52. The number of benzene rings is 2. The van der Waals surface area contributed by atoms with Gasteiger partial charge < -0.3 is 9.26 Å². The molecule has 2 aromatic carbocycles. The summed E-state index contributed by atoms with van der Waals surface area (Å²) in [6.07, 6.45) is 0. The van der Waals surface area contributed by atoms with Gasteiger partial charge in [0.1, 0.15) is 0 Å². The third-order valence-electron chi connectivity index (χ3n) is 3.89. The minimum atomic E-state index is -0.314. The molecule has 0 aliphatic heterocycles. The molecule has 0 aliphatic carbocycles. The van der Waals surface area contributed by atoms with Crippen LogP contribution in [-0.2, 0) is 16.1 Å². The van der Waals surface area contributed by atoms with Gasteiger partial charge in [0.05, 0.1) is 5.75 Å². The largest absolute Gasteiger partial charge is 0.455 e. The highest BCUT2D eigenvalue weighted by Crippen LogP contribution is 2.23. The molecule has 0 fully saturated rings. The van der Waals surface area contributed by atoms with E-state index in [2.05, 4.69) is 16.2 Å². The fourth-order valence-corrected chi connectivity index (χ4v) is 3.34. The van der Waals surface area contributed by atoms with Gasteiger partial charge in [-0.3, -0.25) is 4.79 Å². The van der Waals surface area contributed by atoms with Crippen molar-refractivity contribution >= 4 is 17.7 Å². The van der Waals surface area contributed by atoms with Crippen LogP contribution in [0.5, 0.6) is 0 Å². The highest BCUT2D eigenvalue weighted by atomic mass is 32.2. The van der Waals surface area contributed by atoms with Crippen LogP contribution >= 0.6 is 11.8 Å². The zero-order valence-corrected chi connectivity index (χ0v) is 15.8. The van der Waals surface area contributed by atoms with E-state index in [1.807, 2.05) is 57.2 Å². The number of hydrogen-bond acceptors (Lipinski definition) is 6. The lowest BCUT2D eigenvalue weighted by Gasteiger charge is -2.06. The maximum Gasteiger partial charge on any atom is 0.316 e. The van der Waals surface area contributed by atoms with E-state index in [9.17, 15) is 4.79 Å². The summed E-state index contributed by atoms with van der Waals surface area (Å²) in [6.45, 7) is 6.04. The summed E-state index contributed by atoms with van der Waals surface area (Å²) in [5.41, 5.74) is 4.32. The standard InChI is InChI=1S/C20H20N2O3S/c1-13-8-9-17(15(3)10-13)26-12-19(23)24-11-18-21-20(22-25-18)16-7-5-4-6-14(16)2/h4-10H,11-12H2,1-3H3. The fourth-order valence-electron chi connectivity index (χ4n) is 2.53. The number of hydrogen-bond donors (Lipinski definition) is 0. The van der Waals surface area contributed by atoms with E-state index in [0.29, 0.717) is 5.82 Å². The van der Waals surface area contributed by atoms with Gasteiger partial charge in [-0.1, -0.05) is 47.1 Å². The number of rotatable bonds is 6. The minimum absolute atomic E-state index is 0.0227. The topological polar surface area (TPSA) is 65.2 Å². The molecule has 0 aliphatic rings. The molecule has 0 unspecified atom stereocenters. The Labute approximate surface area is 156 Å². The normalized spacial score (nSPS) is 10.7. The maximum atomic E-state index is 12.0. The molecule has 0 radical (unpaired) electrons. The first-order chi connectivity index (χ1) is 12.5. The van der Waals surface area contributed by atoms with E-state index in [4.69, 9.17) is 9.26 Å². The van der Waals surface area contributed by atoms with E-state index < -0.39 is 0 Å². The lowest BCUT2D eigenvalue weighted by atomic mass is 10.1. The van der Waals surface area contributed by atoms with Crippen molar-refractivity contribution in [3.8, 4) is 11.4 Å². The highest BCUT2D eigenvalue weighted by Gasteiger charge is 2.13. The predicted molar refractivity (Wildman–Crippen MR) is 101 cm³/mol. The second kappa shape index (κ2) is 8.19. The molecule has 6 heteroatoms. The molecule has 0 atom stereocenters. The number of esters is 1. The lowest BCUT2D eigenvalue weighted by molar-refractivity contribution is -0.142. The van der Waals surface area contributed by atoms with Crippen molar-refractivity contribution in [2.24, 2.45) is 0 Å². The molecule has 1 heterocycles. The molecule has 0 saturated carbocycles. The molecular formula is C20H20N2O3S. The second-order valence-electron chi connectivity index (χ2n) is 6.04. The quantitative estimate of drug-likeness (QED) is 0.471. The molecule has 5 nitrogen and oxygen atoms in total. The molecule has 0 spiro atoms. The maximum absolute atomic E-state index is 12.0. The Bertz CT molecular complexity index is 921. The van der Waals surface area contributed by atoms with Crippen LogP contribution in [0.25, 0.3) is 11.4 Å². The van der Waals surface area contributed by atoms with Crippen LogP contribution in [0, 0.1) is 20.8 Å². The van der Waals surface area contributed by atoms with Gasteiger partial charge in [0.2, 0.25) is 5.82 Å². The average Bonchev–Trinajstić information content (AvgIpc) is 3.08. The average molecular weight is 368 g/mol. The number of carbonyl (C=O) groups is 1. The molecule has 1 aromatic heterocycles. The smallest absolute Gasteiger partial charge is 0.316 e. The molecule has 0 bridgehead atoms. The monoisotopic (exact) mass is 368 g/mol. The summed E-state index contributed by atoms with van der Waals surface area (Å²) in [5.74, 6) is 0.709. The van der Waals surface area contributed by atoms with Crippen molar-refractivity contribution in [1.29, 1.82) is 0 Å². The highest BCUT2D eigenvalue weighted by molar-refractivity contribution is 8.00. The predicted octanol–water partition coefficient (Wildman–Crippen LogP) is 4.50. The zero-order chi connectivity index (χ0) is 18.5. The summed E-state index contributed by atoms with van der Waals surface area (Å²) in [7, 11) is 0. The molecule has 26 heavy (non-hydrogen) atoms. The second-order valence-corrected chi connectivity index (χ2v) is 7.06. The summed E-state index contributed by atoms with van der Waals surface area (Å²) in [4.78, 5) is 17.3. The van der Waals surface area contributed by atoms with Gasteiger partial charge >= 0.3 is 5.97 Å². The molecule has 3 rings (SSSR count). The van der Waals surface area contributed by atoms with Crippen LogP contribution in [0.2, 0.25) is 0 Å². The summed E-state index contributed by atoms with van der Waals surface area (Å²) >= 11 is 1.46. The first-order valence-electron chi connectivity index (χ1n) is 8.27. The van der Waals surface area contributed by atoms with Crippen LogP contribution in [0.1, 0.15) is 22.6 Å². The van der Waals surface area contributed by atoms with Crippen LogP contribution in [0.3, 0.4) is 0 Å². The van der Waals surface area contributed by atoms with E-state index >= 15 is 0 Å². The van der Waals surface area contributed by atoms with Crippen LogP contribution in [-0.4, -0.2) is 21.9 Å². The van der Waals surface area contributed by atoms with E-state index in [0.717, 1.165) is 21.6 Å². The Balaban J connectivity index is 1.53. The first-order valence-corrected chi connectivity index (χ1v) is 9.26. The van der Waals surface area contributed by atoms with Crippen LogP contribution in [0.15, 0.2) is 51.9 Å². The van der Waals surface area contributed by atoms with Gasteiger partial charge in [-0.15, -0.1) is 11.8 Å². The third-order valence-corrected chi connectivity index (χ3v) is 5.04. The van der Waals surface area contributed by atoms with E-state index in [-0.39, 0.29) is 24.2 Å². The van der Waals surface area contributed by atoms with Gasteiger partial charge in [-0.2, -0.15) is 4.98 Å². The van der Waals surface area contributed by atoms with Gasteiger partial charge in [-0.05, 0) is 38.0 Å². The Kier molecular flexibility index (Phi) is 5.73. The Morgan fingerprint density at radius 3 is 2.69 bits per heavy atom. The minimum Gasteiger partial charge on any atom is -0.455 e. The lowest BCUT2D eigenvalue weighted by Crippen LogP contribution is -2.07. The summed E-state index contributed by atoms with van der Waals surface area (Å²) in [6, 6.07) is 13.9. The van der Waals surface area contributed by atoms with E-state index in [1.165, 1.54) is 17.3 Å². The summed E-state index contributed by atoms with van der Waals surface area (Å²) < 4.78 is 10.4. The van der Waals surface area contributed by atoms with Gasteiger partial charge in [0.15, 0.2) is 6.61 Å². The molecule has 0 saturated heterocycles. The summed E-state index contributed by atoms with van der Waals surface area (Å²) in [5, 5.41) is 3.96. The Morgan fingerprint density at radius 2 is 1.92 bits per heavy atom. The van der Waals surface area contributed by atoms with Crippen molar-refractivity contribution in [3.05, 3.63) is 65.0 Å². The number of carbonyl (C=O) groups excluding carboxylic acids is 1. The zero-order valence-electron chi connectivity index (χ0n) is 15.0. The number of nitrogens with zero attached hydrogens (tertiary/aromatic N) is 2. The molecule has 0 N–H and O–H groups in total. The van der Waals surface area contributed by atoms with Gasteiger partial charge in [-0.25, -0.2) is 0 Å². The first kappa shape index (κ1) is 18.2. The molecule has 3 aromatic rings. The van der Waals surface area contributed by atoms with Crippen molar-refractivity contribution in [1.82, 2.24) is 10.1 Å².